The Labute approximate surface area is 140 Å². The third kappa shape index (κ3) is 2.33. The van der Waals surface area contributed by atoms with Crippen molar-refractivity contribution >= 4 is 10.9 Å². The molecule has 0 fully saturated rings. The van der Waals surface area contributed by atoms with Gasteiger partial charge in [-0.25, -0.2) is 4.98 Å². The van der Waals surface area contributed by atoms with E-state index in [1.54, 1.807) is 0 Å². The van der Waals surface area contributed by atoms with E-state index in [4.69, 9.17) is 4.98 Å². The van der Waals surface area contributed by atoms with Crippen LogP contribution in [0.15, 0.2) is 84.9 Å². The lowest BCUT2D eigenvalue weighted by atomic mass is 9.93. The van der Waals surface area contributed by atoms with Crippen molar-refractivity contribution in [2.24, 2.45) is 0 Å². The highest BCUT2D eigenvalue weighted by atomic mass is 14.7. The van der Waals surface area contributed by atoms with Gasteiger partial charge in [0, 0.05) is 16.5 Å². The van der Waals surface area contributed by atoms with Gasteiger partial charge in [-0.15, -0.1) is 0 Å². The number of hydrogen-bond acceptors (Lipinski definition) is 2. The first-order chi connectivity index (χ1) is 11.9. The van der Waals surface area contributed by atoms with Crippen molar-refractivity contribution in [1.82, 2.24) is 4.98 Å². The van der Waals surface area contributed by atoms with Gasteiger partial charge in [0.05, 0.1) is 16.8 Å². The lowest BCUT2D eigenvalue weighted by Crippen LogP contribution is -1.96. The molecule has 0 saturated heterocycles. The van der Waals surface area contributed by atoms with E-state index < -0.39 is 0 Å². The van der Waals surface area contributed by atoms with Crippen molar-refractivity contribution in [2.75, 3.05) is 0 Å². The van der Waals surface area contributed by atoms with E-state index in [1.165, 1.54) is 0 Å². The van der Waals surface area contributed by atoms with Crippen LogP contribution in [-0.4, -0.2) is 4.98 Å². The number of nitrogens with zero attached hydrogens (tertiary/aromatic N) is 2. The van der Waals surface area contributed by atoms with Crippen LogP contribution in [0.1, 0.15) is 5.56 Å². The topological polar surface area (TPSA) is 36.7 Å². The number of para-hydroxylation sites is 1. The summed E-state index contributed by atoms with van der Waals surface area (Å²) in [4.78, 5) is 4.78. The largest absolute Gasteiger partial charge is 0.246 e. The van der Waals surface area contributed by atoms with Gasteiger partial charge in [-0.1, -0.05) is 78.9 Å². The van der Waals surface area contributed by atoms with Gasteiger partial charge < -0.3 is 0 Å². The molecule has 112 valence electrons. The Morgan fingerprint density at radius 3 is 1.92 bits per heavy atom. The van der Waals surface area contributed by atoms with E-state index in [-0.39, 0.29) is 0 Å². The third-order valence-corrected chi connectivity index (χ3v) is 4.11. The molecule has 4 rings (SSSR count). The Morgan fingerprint density at radius 2 is 1.25 bits per heavy atom. The van der Waals surface area contributed by atoms with Crippen LogP contribution in [-0.2, 0) is 0 Å². The molecule has 1 heterocycles. The number of fused-ring (bicyclic) bond motifs is 1. The third-order valence-electron chi connectivity index (χ3n) is 4.11. The minimum absolute atomic E-state index is 0.617. The molecule has 0 radical (unpaired) electrons. The van der Waals surface area contributed by atoms with Gasteiger partial charge in [-0.2, -0.15) is 5.26 Å². The monoisotopic (exact) mass is 306 g/mol. The normalized spacial score (nSPS) is 10.5. The highest BCUT2D eigenvalue weighted by molar-refractivity contribution is 6.00. The number of aromatic nitrogens is 1. The van der Waals surface area contributed by atoms with Gasteiger partial charge in [0.1, 0.15) is 6.07 Å². The Morgan fingerprint density at radius 1 is 0.667 bits per heavy atom. The summed E-state index contributed by atoms with van der Waals surface area (Å²) < 4.78 is 0. The second-order valence-corrected chi connectivity index (χ2v) is 5.57. The summed E-state index contributed by atoms with van der Waals surface area (Å²) in [5, 5.41) is 10.9. The maximum atomic E-state index is 9.89. The number of benzene rings is 3. The number of pyridine rings is 1. The molecule has 0 N–H and O–H groups in total. The number of nitriles is 1. The molecular weight excluding hydrogens is 292 g/mol. The van der Waals surface area contributed by atoms with Crippen molar-refractivity contribution in [3.05, 3.63) is 90.5 Å². The van der Waals surface area contributed by atoms with Crippen molar-refractivity contribution in [3.63, 3.8) is 0 Å². The lowest BCUT2D eigenvalue weighted by molar-refractivity contribution is 1.36. The molecule has 0 saturated carbocycles. The highest BCUT2D eigenvalue weighted by Gasteiger charge is 2.17. The van der Waals surface area contributed by atoms with E-state index in [2.05, 4.69) is 6.07 Å². The smallest absolute Gasteiger partial charge is 0.102 e. The minimum Gasteiger partial charge on any atom is -0.246 e. The molecule has 0 atom stereocenters. The van der Waals surface area contributed by atoms with E-state index in [1.807, 2.05) is 84.9 Å². The Hall–Kier alpha value is -3.44. The predicted molar refractivity (Wildman–Crippen MR) is 97.3 cm³/mol. The van der Waals surface area contributed by atoms with E-state index in [0.29, 0.717) is 5.56 Å². The zero-order valence-corrected chi connectivity index (χ0v) is 13.0. The second-order valence-electron chi connectivity index (χ2n) is 5.57. The van der Waals surface area contributed by atoms with Crippen molar-refractivity contribution in [1.29, 1.82) is 5.26 Å². The van der Waals surface area contributed by atoms with Crippen molar-refractivity contribution < 1.29 is 0 Å². The fraction of sp³-hybridized carbons (Fsp3) is 0. The maximum absolute atomic E-state index is 9.89. The van der Waals surface area contributed by atoms with Crippen LogP contribution in [0.25, 0.3) is 33.3 Å². The summed E-state index contributed by atoms with van der Waals surface area (Å²) in [5.74, 6) is 0. The molecule has 0 bridgehead atoms. The molecule has 2 heteroatoms. The standard InChI is InChI=1S/C22H14N2/c23-15-19-21(16-9-3-1-4-10-16)18-13-7-8-14-20(18)24-22(19)17-11-5-2-6-12-17/h1-14H. The molecule has 0 amide bonds. The molecule has 0 unspecified atom stereocenters. The van der Waals surface area contributed by atoms with Crippen LogP contribution >= 0.6 is 0 Å². The van der Waals surface area contributed by atoms with Crippen molar-refractivity contribution in [2.45, 2.75) is 0 Å². The predicted octanol–water partition coefficient (Wildman–Crippen LogP) is 5.44. The summed E-state index contributed by atoms with van der Waals surface area (Å²) in [5.41, 5.74) is 5.18. The summed E-state index contributed by atoms with van der Waals surface area (Å²) in [6.07, 6.45) is 0. The SMILES string of the molecule is N#Cc1c(-c2ccccc2)nc2ccccc2c1-c1ccccc1. The van der Waals surface area contributed by atoms with Gasteiger partial charge in [0.2, 0.25) is 0 Å². The average Bonchev–Trinajstić information content (AvgIpc) is 2.67. The maximum Gasteiger partial charge on any atom is 0.102 e. The average molecular weight is 306 g/mol. The first-order valence-electron chi connectivity index (χ1n) is 7.82. The van der Waals surface area contributed by atoms with Crippen LogP contribution in [0.4, 0.5) is 0 Å². The Balaban J connectivity index is 2.15. The minimum atomic E-state index is 0.617. The first kappa shape index (κ1) is 14.2. The van der Waals surface area contributed by atoms with Crippen molar-refractivity contribution in [3.8, 4) is 28.5 Å². The molecule has 1 aromatic heterocycles. The Bertz CT molecular complexity index is 1050. The molecule has 24 heavy (non-hydrogen) atoms. The van der Waals surface area contributed by atoms with E-state index in [0.717, 1.165) is 33.3 Å². The molecule has 0 spiro atoms. The Kier molecular flexibility index (Phi) is 3.53. The zero-order chi connectivity index (χ0) is 16.4. The van der Waals surface area contributed by atoms with Crippen LogP contribution < -0.4 is 0 Å². The fourth-order valence-electron chi connectivity index (χ4n) is 3.03. The van der Waals surface area contributed by atoms with Crippen LogP contribution in [0.2, 0.25) is 0 Å². The molecule has 0 aliphatic heterocycles. The molecule has 2 nitrogen and oxygen atoms in total. The summed E-state index contributed by atoms with van der Waals surface area (Å²) >= 11 is 0. The summed E-state index contributed by atoms with van der Waals surface area (Å²) in [6, 6.07) is 30.3. The molecular formula is C22H14N2. The summed E-state index contributed by atoms with van der Waals surface area (Å²) in [7, 11) is 0. The van der Waals surface area contributed by atoms with Gasteiger partial charge in [0.15, 0.2) is 0 Å². The second kappa shape index (κ2) is 5.98. The van der Waals surface area contributed by atoms with Gasteiger partial charge >= 0.3 is 0 Å². The number of rotatable bonds is 2. The van der Waals surface area contributed by atoms with Crippen LogP contribution in [0, 0.1) is 11.3 Å². The van der Waals surface area contributed by atoms with Gasteiger partial charge in [0.25, 0.3) is 0 Å². The van der Waals surface area contributed by atoms with Crippen LogP contribution in [0.5, 0.6) is 0 Å². The fourth-order valence-corrected chi connectivity index (χ4v) is 3.03. The lowest BCUT2D eigenvalue weighted by Gasteiger charge is -2.13. The molecule has 0 aliphatic rings. The zero-order valence-electron chi connectivity index (χ0n) is 13.0. The van der Waals surface area contributed by atoms with E-state index >= 15 is 0 Å². The first-order valence-corrected chi connectivity index (χ1v) is 7.82. The van der Waals surface area contributed by atoms with Gasteiger partial charge in [-0.3, -0.25) is 0 Å². The van der Waals surface area contributed by atoms with E-state index in [9.17, 15) is 5.26 Å². The quantitative estimate of drug-likeness (QED) is 0.494. The summed E-state index contributed by atoms with van der Waals surface area (Å²) in [6.45, 7) is 0. The molecule has 4 aromatic rings. The molecule has 3 aromatic carbocycles. The van der Waals surface area contributed by atoms with Crippen LogP contribution in [0.3, 0.4) is 0 Å². The number of hydrogen-bond donors (Lipinski definition) is 0. The molecule has 0 aliphatic carbocycles. The van der Waals surface area contributed by atoms with Gasteiger partial charge in [-0.05, 0) is 11.6 Å². The highest BCUT2D eigenvalue weighted by Crippen LogP contribution is 2.36.